The lowest BCUT2D eigenvalue weighted by Crippen LogP contribution is -1.98. The molecular formula is C14H9FN4. The zero-order chi connectivity index (χ0) is 13.4. The zero-order valence-electron chi connectivity index (χ0n) is 10.1. The second-order valence-corrected chi connectivity index (χ2v) is 4.15. The number of nitrogens with zero attached hydrogens (tertiary/aromatic N) is 4. The summed E-state index contributed by atoms with van der Waals surface area (Å²) in [5.41, 5.74) is 2.62. The van der Waals surface area contributed by atoms with Crippen LogP contribution in [0.25, 0.3) is 16.9 Å². The van der Waals surface area contributed by atoms with E-state index in [9.17, 15) is 4.39 Å². The van der Waals surface area contributed by atoms with E-state index in [1.165, 1.54) is 12.4 Å². The molecule has 0 atom stereocenters. The lowest BCUT2D eigenvalue weighted by molar-refractivity contribution is 0.615. The fourth-order valence-electron chi connectivity index (χ4n) is 2.10. The van der Waals surface area contributed by atoms with Crippen molar-refractivity contribution in [3.05, 3.63) is 53.6 Å². The summed E-state index contributed by atoms with van der Waals surface area (Å²) < 4.78 is 15.7. The average molecular weight is 252 g/mol. The monoisotopic (exact) mass is 252 g/mol. The van der Waals surface area contributed by atoms with Gasteiger partial charge in [0.1, 0.15) is 18.2 Å². The van der Waals surface area contributed by atoms with Crippen LogP contribution in [0.4, 0.5) is 4.39 Å². The fraction of sp³-hybridized carbons (Fsp3) is 0.0714. The van der Waals surface area contributed by atoms with Crippen LogP contribution in [0.15, 0.2) is 36.7 Å². The molecule has 0 fully saturated rings. The van der Waals surface area contributed by atoms with Crippen molar-refractivity contribution in [1.82, 2.24) is 14.6 Å². The average Bonchev–Trinajstić information content (AvgIpc) is 2.90. The minimum absolute atomic E-state index is 0.0482. The standard InChI is InChI=1S/C14H9FN4/c1-9-11(6-5-10(7-16)14(9)15)12-3-2-4-13-17-8-18-19(12)13/h2-6,8H,1H3. The summed E-state index contributed by atoms with van der Waals surface area (Å²) in [7, 11) is 0. The molecular weight excluding hydrogens is 243 g/mol. The predicted molar refractivity (Wildman–Crippen MR) is 67.8 cm³/mol. The normalized spacial score (nSPS) is 10.6. The predicted octanol–water partition coefficient (Wildman–Crippen LogP) is 2.72. The van der Waals surface area contributed by atoms with Crippen LogP contribution in [0.5, 0.6) is 0 Å². The van der Waals surface area contributed by atoms with Crippen molar-refractivity contribution in [2.24, 2.45) is 0 Å². The lowest BCUT2D eigenvalue weighted by Gasteiger charge is -2.09. The summed E-state index contributed by atoms with van der Waals surface area (Å²) in [6.45, 7) is 1.65. The third kappa shape index (κ3) is 1.66. The Morgan fingerprint density at radius 2 is 2.11 bits per heavy atom. The second-order valence-electron chi connectivity index (χ2n) is 4.15. The van der Waals surface area contributed by atoms with E-state index in [-0.39, 0.29) is 5.56 Å². The van der Waals surface area contributed by atoms with Gasteiger partial charge in [0.25, 0.3) is 0 Å². The van der Waals surface area contributed by atoms with Crippen LogP contribution in [-0.4, -0.2) is 14.6 Å². The number of hydrogen-bond acceptors (Lipinski definition) is 3. The first-order valence-electron chi connectivity index (χ1n) is 5.70. The molecule has 0 saturated heterocycles. The third-order valence-corrected chi connectivity index (χ3v) is 3.08. The van der Waals surface area contributed by atoms with Crippen LogP contribution in [0.3, 0.4) is 0 Å². The van der Waals surface area contributed by atoms with Crippen molar-refractivity contribution in [3.8, 4) is 17.3 Å². The lowest BCUT2D eigenvalue weighted by atomic mass is 10.0. The maximum Gasteiger partial charge on any atom is 0.155 e. The SMILES string of the molecule is Cc1c(-c2cccc3ncnn23)ccc(C#N)c1F. The van der Waals surface area contributed by atoms with Crippen molar-refractivity contribution < 1.29 is 4.39 Å². The fourth-order valence-corrected chi connectivity index (χ4v) is 2.10. The van der Waals surface area contributed by atoms with E-state index >= 15 is 0 Å². The number of pyridine rings is 1. The molecule has 19 heavy (non-hydrogen) atoms. The number of fused-ring (bicyclic) bond motifs is 1. The van der Waals surface area contributed by atoms with Crippen molar-refractivity contribution in [2.45, 2.75) is 6.92 Å². The van der Waals surface area contributed by atoms with Gasteiger partial charge in [0, 0.05) is 5.56 Å². The molecule has 0 unspecified atom stereocenters. The van der Waals surface area contributed by atoms with Crippen LogP contribution >= 0.6 is 0 Å². The van der Waals surface area contributed by atoms with Crippen LogP contribution in [0.2, 0.25) is 0 Å². The van der Waals surface area contributed by atoms with Crippen molar-refractivity contribution in [2.75, 3.05) is 0 Å². The van der Waals surface area contributed by atoms with E-state index < -0.39 is 5.82 Å². The highest BCUT2D eigenvalue weighted by Crippen LogP contribution is 2.26. The Hall–Kier alpha value is -2.74. The Balaban J connectivity index is 2.31. The number of nitriles is 1. The first kappa shape index (κ1) is 11.4. The minimum atomic E-state index is -0.489. The van der Waals surface area contributed by atoms with E-state index in [2.05, 4.69) is 10.1 Å². The zero-order valence-corrected chi connectivity index (χ0v) is 10.1. The maximum atomic E-state index is 14.0. The smallest absolute Gasteiger partial charge is 0.155 e. The van der Waals surface area contributed by atoms with E-state index in [0.29, 0.717) is 16.8 Å². The molecule has 0 saturated carbocycles. The summed E-state index contributed by atoms with van der Waals surface area (Å²) in [6.07, 6.45) is 1.45. The van der Waals surface area contributed by atoms with Gasteiger partial charge in [-0.1, -0.05) is 12.1 Å². The quantitative estimate of drug-likeness (QED) is 0.669. The minimum Gasteiger partial charge on any atom is -0.215 e. The summed E-state index contributed by atoms with van der Waals surface area (Å²) in [4.78, 5) is 4.10. The molecule has 0 amide bonds. The molecule has 0 spiro atoms. The molecule has 3 aromatic rings. The molecule has 0 N–H and O–H groups in total. The number of hydrogen-bond donors (Lipinski definition) is 0. The molecule has 2 heterocycles. The van der Waals surface area contributed by atoms with Gasteiger partial charge in [0.15, 0.2) is 5.65 Å². The van der Waals surface area contributed by atoms with Crippen LogP contribution < -0.4 is 0 Å². The van der Waals surface area contributed by atoms with Crippen molar-refractivity contribution >= 4 is 5.65 Å². The Morgan fingerprint density at radius 1 is 1.26 bits per heavy atom. The molecule has 0 bridgehead atoms. The highest BCUT2D eigenvalue weighted by molar-refractivity contribution is 5.67. The van der Waals surface area contributed by atoms with Gasteiger partial charge in [-0.15, -0.1) is 0 Å². The van der Waals surface area contributed by atoms with Crippen LogP contribution in [0, 0.1) is 24.1 Å². The molecule has 0 radical (unpaired) electrons. The van der Waals surface area contributed by atoms with Gasteiger partial charge in [-0.05, 0) is 30.7 Å². The van der Waals surface area contributed by atoms with Crippen molar-refractivity contribution in [1.29, 1.82) is 5.26 Å². The van der Waals surface area contributed by atoms with E-state index in [0.717, 1.165) is 5.69 Å². The summed E-state index contributed by atoms with van der Waals surface area (Å²) in [6, 6.07) is 10.6. The van der Waals surface area contributed by atoms with Gasteiger partial charge in [-0.25, -0.2) is 13.9 Å². The largest absolute Gasteiger partial charge is 0.215 e. The third-order valence-electron chi connectivity index (χ3n) is 3.08. The Bertz CT molecular complexity index is 814. The Labute approximate surface area is 108 Å². The number of benzene rings is 1. The summed E-state index contributed by atoms with van der Waals surface area (Å²) >= 11 is 0. The molecule has 0 aliphatic carbocycles. The topological polar surface area (TPSA) is 54.0 Å². The van der Waals surface area contributed by atoms with Gasteiger partial charge in [0.05, 0.1) is 11.3 Å². The molecule has 3 rings (SSSR count). The van der Waals surface area contributed by atoms with Gasteiger partial charge in [0.2, 0.25) is 0 Å². The first-order valence-corrected chi connectivity index (χ1v) is 5.70. The number of halogens is 1. The Morgan fingerprint density at radius 3 is 2.89 bits per heavy atom. The number of aromatic nitrogens is 3. The van der Waals surface area contributed by atoms with Gasteiger partial charge >= 0.3 is 0 Å². The van der Waals surface area contributed by atoms with Crippen LogP contribution in [0.1, 0.15) is 11.1 Å². The van der Waals surface area contributed by atoms with Crippen LogP contribution in [-0.2, 0) is 0 Å². The maximum absolute atomic E-state index is 14.0. The molecule has 4 nitrogen and oxygen atoms in total. The highest BCUT2D eigenvalue weighted by atomic mass is 19.1. The summed E-state index contributed by atoms with van der Waals surface area (Å²) in [5, 5.41) is 13.0. The Kier molecular flexibility index (Phi) is 2.50. The molecule has 2 aromatic heterocycles. The van der Waals surface area contributed by atoms with E-state index in [1.54, 1.807) is 17.5 Å². The molecule has 1 aromatic carbocycles. The van der Waals surface area contributed by atoms with E-state index in [4.69, 9.17) is 5.26 Å². The van der Waals surface area contributed by atoms with Crippen molar-refractivity contribution in [3.63, 3.8) is 0 Å². The van der Waals surface area contributed by atoms with Gasteiger partial charge in [-0.3, -0.25) is 0 Å². The molecule has 0 aliphatic rings. The van der Waals surface area contributed by atoms with E-state index in [1.807, 2.05) is 24.3 Å². The molecule has 0 aliphatic heterocycles. The first-order chi connectivity index (χ1) is 9.22. The second kappa shape index (κ2) is 4.18. The number of rotatable bonds is 1. The summed E-state index contributed by atoms with van der Waals surface area (Å²) in [5.74, 6) is -0.489. The van der Waals surface area contributed by atoms with Gasteiger partial charge in [-0.2, -0.15) is 10.4 Å². The highest BCUT2D eigenvalue weighted by Gasteiger charge is 2.13. The molecule has 5 heteroatoms. The molecule has 92 valence electrons. The van der Waals surface area contributed by atoms with Gasteiger partial charge < -0.3 is 0 Å².